The summed E-state index contributed by atoms with van der Waals surface area (Å²) in [7, 11) is 0. The summed E-state index contributed by atoms with van der Waals surface area (Å²) in [6, 6.07) is 1.75. The van der Waals surface area contributed by atoms with E-state index in [-0.39, 0.29) is 0 Å². The van der Waals surface area contributed by atoms with Gasteiger partial charge in [-0.15, -0.1) is 0 Å². The fraction of sp³-hybridized carbons (Fsp3) is 0.429. The first-order valence-electron chi connectivity index (χ1n) is 3.25. The van der Waals surface area contributed by atoms with Crippen molar-refractivity contribution in [1.82, 2.24) is 9.97 Å². The van der Waals surface area contributed by atoms with Crippen LogP contribution in [0, 0.1) is 6.92 Å². The van der Waals surface area contributed by atoms with Crippen molar-refractivity contribution in [3.63, 3.8) is 0 Å². The van der Waals surface area contributed by atoms with E-state index in [2.05, 4.69) is 9.97 Å². The van der Waals surface area contributed by atoms with Crippen LogP contribution in [0.5, 0.6) is 5.88 Å². The Kier molecular flexibility index (Phi) is 2.20. The van der Waals surface area contributed by atoms with Gasteiger partial charge in [0.2, 0.25) is 5.88 Å². The molecular formula is C7H10N2O. The van der Waals surface area contributed by atoms with E-state index in [0.717, 1.165) is 5.82 Å². The lowest BCUT2D eigenvalue weighted by Gasteiger charge is -1.99. The van der Waals surface area contributed by atoms with Gasteiger partial charge < -0.3 is 4.74 Å². The molecule has 0 saturated carbocycles. The van der Waals surface area contributed by atoms with E-state index in [9.17, 15) is 0 Å². The molecule has 10 heavy (non-hydrogen) atoms. The lowest BCUT2D eigenvalue weighted by molar-refractivity contribution is 0.325. The molecule has 0 amide bonds. The zero-order valence-corrected chi connectivity index (χ0v) is 6.16. The van der Waals surface area contributed by atoms with Crippen molar-refractivity contribution < 1.29 is 4.74 Å². The molecule has 3 nitrogen and oxygen atoms in total. The lowest BCUT2D eigenvalue weighted by atomic mass is 10.6. The van der Waals surface area contributed by atoms with E-state index in [1.807, 2.05) is 13.8 Å². The molecule has 54 valence electrons. The van der Waals surface area contributed by atoms with Crippen molar-refractivity contribution in [1.29, 1.82) is 0 Å². The molecule has 0 atom stereocenters. The molecule has 0 N–H and O–H groups in total. The number of hydrogen-bond donors (Lipinski definition) is 0. The predicted octanol–water partition coefficient (Wildman–Crippen LogP) is 1.18. The summed E-state index contributed by atoms with van der Waals surface area (Å²) in [5.41, 5.74) is 0. The van der Waals surface area contributed by atoms with E-state index in [0.29, 0.717) is 12.5 Å². The lowest BCUT2D eigenvalue weighted by Crippen LogP contribution is -1.96. The molecule has 0 aliphatic carbocycles. The summed E-state index contributed by atoms with van der Waals surface area (Å²) in [4.78, 5) is 7.96. The third kappa shape index (κ3) is 1.69. The molecule has 1 aromatic heterocycles. The number of aromatic nitrogens is 2. The first-order chi connectivity index (χ1) is 4.83. The Hall–Kier alpha value is -1.12. The quantitative estimate of drug-likeness (QED) is 0.615. The summed E-state index contributed by atoms with van der Waals surface area (Å²) in [5.74, 6) is 1.39. The second-order valence-electron chi connectivity index (χ2n) is 1.88. The fourth-order valence-corrected chi connectivity index (χ4v) is 0.663. The first kappa shape index (κ1) is 6.99. The van der Waals surface area contributed by atoms with Crippen LogP contribution in [0.1, 0.15) is 12.7 Å². The normalized spacial score (nSPS) is 9.40. The monoisotopic (exact) mass is 138 g/mol. The largest absolute Gasteiger partial charge is 0.478 e. The maximum Gasteiger partial charge on any atom is 0.216 e. The Morgan fingerprint density at radius 3 is 3.00 bits per heavy atom. The number of rotatable bonds is 2. The Labute approximate surface area is 60.1 Å². The third-order valence-electron chi connectivity index (χ3n) is 1.04. The van der Waals surface area contributed by atoms with Crippen LogP contribution in [0.15, 0.2) is 12.3 Å². The predicted molar refractivity (Wildman–Crippen MR) is 37.9 cm³/mol. The highest BCUT2D eigenvalue weighted by molar-refractivity contribution is 5.07. The SMILES string of the molecule is CCOc1ccnc(C)n1. The minimum atomic E-state index is 0.648. The van der Waals surface area contributed by atoms with Gasteiger partial charge >= 0.3 is 0 Å². The first-order valence-corrected chi connectivity index (χ1v) is 3.25. The Morgan fingerprint density at radius 2 is 2.40 bits per heavy atom. The molecule has 1 rings (SSSR count). The van der Waals surface area contributed by atoms with Crippen LogP contribution < -0.4 is 4.74 Å². The minimum Gasteiger partial charge on any atom is -0.478 e. The molecule has 1 heterocycles. The summed E-state index contributed by atoms with van der Waals surface area (Å²) in [6.45, 7) is 4.41. The van der Waals surface area contributed by atoms with Crippen molar-refractivity contribution >= 4 is 0 Å². The minimum absolute atomic E-state index is 0.648. The second-order valence-corrected chi connectivity index (χ2v) is 1.88. The van der Waals surface area contributed by atoms with Crippen LogP contribution in [0.25, 0.3) is 0 Å². The number of ether oxygens (including phenoxy) is 1. The van der Waals surface area contributed by atoms with Crippen LogP contribution in [-0.4, -0.2) is 16.6 Å². The highest BCUT2D eigenvalue weighted by atomic mass is 16.5. The van der Waals surface area contributed by atoms with E-state index in [1.54, 1.807) is 12.3 Å². The van der Waals surface area contributed by atoms with Crippen molar-refractivity contribution in [2.24, 2.45) is 0 Å². The molecular weight excluding hydrogens is 128 g/mol. The number of hydrogen-bond acceptors (Lipinski definition) is 3. The smallest absolute Gasteiger partial charge is 0.216 e. The number of nitrogens with zero attached hydrogens (tertiary/aromatic N) is 2. The van der Waals surface area contributed by atoms with E-state index < -0.39 is 0 Å². The molecule has 0 aromatic carbocycles. The summed E-state index contributed by atoms with van der Waals surface area (Å²) < 4.78 is 5.14. The van der Waals surface area contributed by atoms with Gasteiger partial charge in [0.05, 0.1) is 6.61 Å². The van der Waals surface area contributed by atoms with Gasteiger partial charge in [0, 0.05) is 12.3 Å². The zero-order valence-electron chi connectivity index (χ0n) is 6.16. The molecule has 0 fully saturated rings. The van der Waals surface area contributed by atoms with Crippen molar-refractivity contribution in [2.45, 2.75) is 13.8 Å². The van der Waals surface area contributed by atoms with Gasteiger partial charge in [-0.25, -0.2) is 4.98 Å². The van der Waals surface area contributed by atoms with Crippen LogP contribution in [0.4, 0.5) is 0 Å². The standard InChI is InChI=1S/C7H10N2O/c1-3-10-7-4-5-8-6(2)9-7/h4-5H,3H2,1-2H3. The van der Waals surface area contributed by atoms with Crippen LogP contribution in [-0.2, 0) is 0 Å². The van der Waals surface area contributed by atoms with Gasteiger partial charge in [0.15, 0.2) is 0 Å². The van der Waals surface area contributed by atoms with Gasteiger partial charge in [-0.1, -0.05) is 0 Å². The Balaban J connectivity index is 2.75. The highest BCUT2D eigenvalue weighted by Crippen LogP contribution is 2.02. The van der Waals surface area contributed by atoms with Gasteiger partial charge in [-0.05, 0) is 13.8 Å². The molecule has 0 saturated heterocycles. The van der Waals surface area contributed by atoms with Gasteiger partial charge in [0.1, 0.15) is 5.82 Å². The van der Waals surface area contributed by atoms with Gasteiger partial charge in [0.25, 0.3) is 0 Å². The molecule has 1 aromatic rings. The van der Waals surface area contributed by atoms with E-state index in [1.165, 1.54) is 0 Å². The highest BCUT2D eigenvalue weighted by Gasteiger charge is 1.91. The molecule has 3 heteroatoms. The van der Waals surface area contributed by atoms with Crippen molar-refractivity contribution in [3.05, 3.63) is 18.1 Å². The summed E-state index contributed by atoms with van der Waals surface area (Å²) in [5, 5.41) is 0. The Bertz CT molecular complexity index is 213. The van der Waals surface area contributed by atoms with Crippen LogP contribution >= 0.6 is 0 Å². The van der Waals surface area contributed by atoms with Gasteiger partial charge in [-0.3, -0.25) is 0 Å². The van der Waals surface area contributed by atoms with Crippen molar-refractivity contribution in [3.8, 4) is 5.88 Å². The summed E-state index contributed by atoms with van der Waals surface area (Å²) >= 11 is 0. The average molecular weight is 138 g/mol. The van der Waals surface area contributed by atoms with Crippen molar-refractivity contribution in [2.75, 3.05) is 6.61 Å². The summed E-state index contributed by atoms with van der Waals surface area (Å²) in [6.07, 6.45) is 1.69. The van der Waals surface area contributed by atoms with Crippen LogP contribution in [0.2, 0.25) is 0 Å². The van der Waals surface area contributed by atoms with E-state index in [4.69, 9.17) is 4.74 Å². The second kappa shape index (κ2) is 3.15. The van der Waals surface area contributed by atoms with E-state index >= 15 is 0 Å². The maximum atomic E-state index is 5.14. The third-order valence-corrected chi connectivity index (χ3v) is 1.04. The maximum absolute atomic E-state index is 5.14. The molecule has 0 radical (unpaired) electrons. The fourth-order valence-electron chi connectivity index (χ4n) is 0.663. The topological polar surface area (TPSA) is 35.0 Å². The van der Waals surface area contributed by atoms with Gasteiger partial charge in [-0.2, -0.15) is 4.98 Å². The molecule has 0 aliphatic heterocycles. The average Bonchev–Trinajstić information content (AvgIpc) is 1.88. The van der Waals surface area contributed by atoms with Crippen LogP contribution in [0.3, 0.4) is 0 Å². The Morgan fingerprint density at radius 1 is 1.60 bits per heavy atom. The molecule has 0 aliphatic rings. The molecule has 0 unspecified atom stereocenters. The zero-order chi connectivity index (χ0) is 7.40. The number of aryl methyl sites for hydroxylation is 1. The molecule has 0 spiro atoms. The molecule has 0 bridgehead atoms.